The quantitative estimate of drug-likeness (QED) is 0.491. The monoisotopic (exact) mass is 406 g/mol. The van der Waals surface area contributed by atoms with Gasteiger partial charge >= 0.3 is 0 Å². The van der Waals surface area contributed by atoms with Crippen LogP contribution >= 0.6 is 0 Å². The fourth-order valence-corrected chi connectivity index (χ4v) is 5.30. The molecule has 3 aromatic heterocycles. The fraction of sp³-hybridized carbons (Fsp3) is 0.556. The molecule has 0 aliphatic heterocycles. The Kier molecular flexibility index (Phi) is 4.69. The van der Waals surface area contributed by atoms with Crippen molar-refractivity contribution in [1.82, 2.24) is 28.8 Å². The zero-order chi connectivity index (χ0) is 20.1. The van der Waals surface area contributed by atoms with Crippen LogP contribution in [0.3, 0.4) is 0 Å². The van der Waals surface area contributed by atoms with Gasteiger partial charge in [-0.15, -0.1) is 0 Å². The highest BCUT2D eigenvalue weighted by molar-refractivity contribution is 7.87. The number of nitrogens with one attached hydrogen (secondary N) is 3. The summed E-state index contributed by atoms with van der Waals surface area (Å²) < 4.78 is 31.9. The molecule has 4 rings (SSSR count). The van der Waals surface area contributed by atoms with Crippen molar-refractivity contribution in [1.29, 1.82) is 0 Å². The molecule has 3 heterocycles. The van der Waals surface area contributed by atoms with Gasteiger partial charge in [-0.05, 0) is 38.7 Å². The lowest BCUT2D eigenvalue weighted by atomic mass is 9.95. The number of hydrogen-bond acceptors (Lipinski definition) is 5. The Morgan fingerprint density at radius 2 is 2.11 bits per heavy atom. The van der Waals surface area contributed by atoms with Crippen molar-refractivity contribution < 1.29 is 13.5 Å². The van der Waals surface area contributed by atoms with E-state index in [0.717, 1.165) is 28.9 Å². The molecule has 152 valence electrons. The van der Waals surface area contributed by atoms with Gasteiger partial charge in [-0.1, -0.05) is 6.92 Å². The maximum absolute atomic E-state index is 12.3. The van der Waals surface area contributed by atoms with E-state index >= 15 is 0 Å². The number of hydrogen-bond donors (Lipinski definition) is 4. The molecule has 0 aromatic carbocycles. The molecular weight excluding hydrogens is 380 g/mol. The predicted molar refractivity (Wildman–Crippen MR) is 106 cm³/mol. The summed E-state index contributed by atoms with van der Waals surface area (Å²) in [6.07, 6.45) is 6.89. The summed E-state index contributed by atoms with van der Waals surface area (Å²) in [4.78, 5) is 12.0. The topological polar surface area (TPSA) is 124 Å². The van der Waals surface area contributed by atoms with Gasteiger partial charge in [-0.3, -0.25) is 4.40 Å². The van der Waals surface area contributed by atoms with E-state index in [9.17, 15) is 13.5 Å². The first-order valence-corrected chi connectivity index (χ1v) is 10.9. The number of imidazole rings is 1. The summed E-state index contributed by atoms with van der Waals surface area (Å²) in [5.74, 6) is 0.474. The number of fused-ring (bicyclic) bond motifs is 3. The van der Waals surface area contributed by atoms with Gasteiger partial charge < -0.3 is 10.1 Å². The van der Waals surface area contributed by atoms with Gasteiger partial charge in [0, 0.05) is 36.6 Å². The van der Waals surface area contributed by atoms with Crippen LogP contribution in [0, 0.1) is 5.92 Å². The van der Waals surface area contributed by atoms with Gasteiger partial charge in [0.05, 0.1) is 17.3 Å². The molecule has 0 spiro atoms. The van der Waals surface area contributed by atoms with Crippen molar-refractivity contribution in [3.8, 4) is 0 Å². The molecule has 1 fully saturated rings. The van der Waals surface area contributed by atoms with Crippen molar-refractivity contribution in [3.63, 3.8) is 0 Å². The zero-order valence-corrected chi connectivity index (χ0v) is 17.0. The van der Waals surface area contributed by atoms with Crippen molar-refractivity contribution in [2.45, 2.75) is 51.2 Å². The van der Waals surface area contributed by atoms with E-state index in [0.29, 0.717) is 12.3 Å². The average Bonchev–Trinajstić information content (AvgIpc) is 3.29. The Bertz CT molecular complexity index is 1100. The Hall–Kier alpha value is -2.01. The summed E-state index contributed by atoms with van der Waals surface area (Å²) in [7, 11) is -3.68. The highest BCUT2D eigenvalue weighted by Crippen LogP contribution is 2.40. The van der Waals surface area contributed by atoms with Gasteiger partial charge in [0.25, 0.3) is 10.2 Å². The minimum atomic E-state index is -3.68. The van der Waals surface area contributed by atoms with Crippen LogP contribution in [0.1, 0.15) is 45.2 Å². The standard InChI is InChI=1S/C18H26N6O3S/c1-11-6-12(23-28(26,27)22-10-18(2,3)25)7-13(11)15-8-20-16-9-21-17-14(24(15)16)4-5-19-17/h4-5,8-9,11-13,19,22-23,25H,6-7,10H2,1-3H3. The third-order valence-electron chi connectivity index (χ3n) is 5.35. The summed E-state index contributed by atoms with van der Waals surface area (Å²) >= 11 is 0. The second kappa shape index (κ2) is 6.80. The molecule has 9 nitrogen and oxygen atoms in total. The SMILES string of the molecule is CC1CC(NS(=O)(=O)NCC(C)(C)O)CC1c1cnc2cnc3[nH]ccc3n12. The molecule has 0 amide bonds. The first-order chi connectivity index (χ1) is 13.1. The van der Waals surface area contributed by atoms with E-state index < -0.39 is 15.8 Å². The highest BCUT2D eigenvalue weighted by Gasteiger charge is 2.36. The van der Waals surface area contributed by atoms with Crippen LogP contribution < -0.4 is 9.44 Å². The Morgan fingerprint density at radius 3 is 2.86 bits per heavy atom. The number of H-pyrrole nitrogens is 1. The maximum atomic E-state index is 12.3. The van der Waals surface area contributed by atoms with Crippen molar-refractivity contribution in [2.75, 3.05) is 6.54 Å². The van der Waals surface area contributed by atoms with Crippen LogP contribution in [0.5, 0.6) is 0 Å². The minimum absolute atomic E-state index is 0.0419. The molecule has 0 radical (unpaired) electrons. The smallest absolute Gasteiger partial charge is 0.277 e. The first-order valence-electron chi connectivity index (χ1n) is 9.42. The van der Waals surface area contributed by atoms with Crippen LogP contribution in [0.25, 0.3) is 16.8 Å². The maximum Gasteiger partial charge on any atom is 0.277 e. The van der Waals surface area contributed by atoms with E-state index in [1.54, 1.807) is 20.0 Å². The van der Waals surface area contributed by atoms with Gasteiger partial charge in [0.15, 0.2) is 11.3 Å². The number of aromatic nitrogens is 4. The minimum Gasteiger partial charge on any atom is -0.389 e. The molecule has 1 saturated carbocycles. The van der Waals surface area contributed by atoms with E-state index in [4.69, 9.17) is 0 Å². The summed E-state index contributed by atoms with van der Waals surface area (Å²) in [5.41, 5.74) is 2.51. The lowest BCUT2D eigenvalue weighted by Crippen LogP contribution is -2.46. The van der Waals surface area contributed by atoms with Crippen molar-refractivity contribution >= 4 is 27.0 Å². The van der Waals surface area contributed by atoms with E-state index in [1.807, 2.05) is 18.5 Å². The molecule has 3 atom stereocenters. The van der Waals surface area contributed by atoms with Crippen LogP contribution in [0.2, 0.25) is 0 Å². The zero-order valence-electron chi connectivity index (χ0n) is 16.2. The van der Waals surface area contributed by atoms with Crippen LogP contribution in [-0.2, 0) is 10.2 Å². The van der Waals surface area contributed by atoms with Crippen LogP contribution in [0.4, 0.5) is 0 Å². The number of nitrogens with zero attached hydrogens (tertiary/aromatic N) is 3. The third-order valence-corrected chi connectivity index (χ3v) is 6.52. The molecule has 10 heteroatoms. The number of rotatable bonds is 6. The van der Waals surface area contributed by atoms with Gasteiger partial charge in [-0.2, -0.15) is 17.9 Å². The second-order valence-electron chi connectivity index (χ2n) is 8.35. The second-order valence-corrected chi connectivity index (χ2v) is 9.88. The molecule has 3 unspecified atom stereocenters. The lowest BCUT2D eigenvalue weighted by molar-refractivity contribution is 0.0856. The van der Waals surface area contributed by atoms with E-state index in [2.05, 4.69) is 35.7 Å². The number of aliphatic hydroxyl groups is 1. The first kappa shape index (κ1) is 19.3. The molecular formula is C18H26N6O3S. The summed E-state index contributed by atoms with van der Waals surface area (Å²) in [6.45, 7) is 5.22. The molecule has 1 aliphatic rings. The molecule has 28 heavy (non-hydrogen) atoms. The van der Waals surface area contributed by atoms with Crippen molar-refractivity contribution in [2.24, 2.45) is 5.92 Å². The highest BCUT2D eigenvalue weighted by atomic mass is 32.2. The molecule has 1 aliphatic carbocycles. The average molecular weight is 407 g/mol. The Labute approximate surface area is 163 Å². The molecule has 4 N–H and O–H groups in total. The van der Waals surface area contributed by atoms with Gasteiger partial charge in [0.1, 0.15) is 0 Å². The Balaban J connectivity index is 1.55. The van der Waals surface area contributed by atoms with Crippen LogP contribution in [-0.4, -0.2) is 51.1 Å². The van der Waals surface area contributed by atoms with Gasteiger partial charge in [0.2, 0.25) is 0 Å². The number of aromatic amines is 1. The normalized spacial score (nSPS) is 23.8. The summed E-state index contributed by atoms with van der Waals surface area (Å²) in [6, 6.07) is 1.80. The van der Waals surface area contributed by atoms with Gasteiger partial charge in [-0.25, -0.2) is 9.97 Å². The lowest BCUT2D eigenvalue weighted by Gasteiger charge is -2.19. The Morgan fingerprint density at radius 1 is 1.32 bits per heavy atom. The summed E-state index contributed by atoms with van der Waals surface area (Å²) in [5, 5.41) is 9.75. The van der Waals surface area contributed by atoms with Crippen molar-refractivity contribution in [3.05, 3.63) is 30.4 Å². The predicted octanol–water partition coefficient (Wildman–Crippen LogP) is 1.29. The molecule has 0 bridgehead atoms. The largest absolute Gasteiger partial charge is 0.389 e. The fourth-order valence-electron chi connectivity index (χ4n) is 4.04. The molecule has 3 aromatic rings. The van der Waals surface area contributed by atoms with E-state index in [-0.39, 0.29) is 18.5 Å². The molecule has 0 saturated heterocycles. The van der Waals surface area contributed by atoms with E-state index in [1.165, 1.54) is 0 Å². The third kappa shape index (κ3) is 3.77. The van der Waals surface area contributed by atoms with Crippen LogP contribution in [0.15, 0.2) is 24.7 Å².